The molecule has 1 atom stereocenters. The van der Waals surface area contributed by atoms with Gasteiger partial charge in [-0.15, -0.1) is 40.8 Å². The van der Waals surface area contributed by atoms with E-state index in [2.05, 4.69) is 27.0 Å². The second kappa shape index (κ2) is 10.7. The number of ether oxygens (including phenoxy) is 1. The summed E-state index contributed by atoms with van der Waals surface area (Å²) in [4.78, 5) is 21.3. The first-order chi connectivity index (χ1) is 13.1. The number of hydrogen-bond donors (Lipinski definition) is 1. The molecule has 0 spiro atoms. The minimum atomic E-state index is -0.247. The van der Waals surface area contributed by atoms with E-state index in [-0.39, 0.29) is 36.0 Å². The summed E-state index contributed by atoms with van der Waals surface area (Å²) >= 11 is 0. The van der Waals surface area contributed by atoms with E-state index in [4.69, 9.17) is 9.73 Å². The first kappa shape index (κ1) is 22.6. The number of amides is 1. The Morgan fingerprint density at radius 1 is 1.32 bits per heavy atom. The van der Waals surface area contributed by atoms with Crippen LogP contribution in [0.25, 0.3) is 0 Å². The van der Waals surface area contributed by atoms with Crippen LogP contribution in [0.1, 0.15) is 24.5 Å². The monoisotopic (exact) mass is 503 g/mol. The van der Waals surface area contributed by atoms with Gasteiger partial charge in [-0.2, -0.15) is 0 Å². The van der Waals surface area contributed by atoms with Gasteiger partial charge in [-0.25, -0.2) is 4.99 Å². The fourth-order valence-electron chi connectivity index (χ4n) is 3.28. The molecule has 1 aromatic heterocycles. The number of nitrogens with one attached hydrogen (secondary N) is 1. The van der Waals surface area contributed by atoms with E-state index in [0.717, 1.165) is 43.5 Å². The number of halogens is 1. The standard InChI is InChI=1S/C18H29N7O2.HI/c1-4-7-19-18(20-13-16-22-21-14(2)23(16)3)25-10-8-24(9-11-25)17(26)15-6-5-12-27-15;/h4,15H,1,5-13H2,2-3H3,(H,19,20);1H. The van der Waals surface area contributed by atoms with Gasteiger partial charge in [0.2, 0.25) is 0 Å². The Morgan fingerprint density at radius 3 is 2.61 bits per heavy atom. The molecule has 2 aliphatic heterocycles. The number of guanidine groups is 1. The smallest absolute Gasteiger partial charge is 0.251 e. The van der Waals surface area contributed by atoms with E-state index in [1.165, 1.54) is 0 Å². The van der Waals surface area contributed by atoms with Crippen LogP contribution in [-0.4, -0.2) is 81.9 Å². The molecular weight excluding hydrogens is 473 g/mol. The van der Waals surface area contributed by atoms with Crippen molar-refractivity contribution in [3.05, 3.63) is 24.3 Å². The molecule has 9 nitrogen and oxygen atoms in total. The van der Waals surface area contributed by atoms with E-state index in [1.807, 2.05) is 23.4 Å². The summed E-state index contributed by atoms with van der Waals surface area (Å²) in [6, 6.07) is 0. The Kier molecular flexibility index (Phi) is 8.67. The molecule has 0 saturated carbocycles. The molecule has 1 unspecified atom stereocenters. The molecule has 0 aliphatic carbocycles. The van der Waals surface area contributed by atoms with E-state index >= 15 is 0 Å². The highest BCUT2D eigenvalue weighted by Crippen LogP contribution is 2.16. The van der Waals surface area contributed by atoms with Crippen molar-refractivity contribution in [2.24, 2.45) is 12.0 Å². The lowest BCUT2D eigenvalue weighted by Gasteiger charge is -2.37. The maximum atomic E-state index is 12.5. The zero-order valence-corrected chi connectivity index (χ0v) is 19.0. The number of nitrogens with zero attached hydrogens (tertiary/aromatic N) is 6. The van der Waals surface area contributed by atoms with Crippen molar-refractivity contribution >= 4 is 35.8 Å². The van der Waals surface area contributed by atoms with Crippen molar-refractivity contribution < 1.29 is 9.53 Å². The third kappa shape index (κ3) is 5.43. The second-order valence-corrected chi connectivity index (χ2v) is 6.85. The van der Waals surface area contributed by atoms with Gasteiger partial charge >= 0.3 is 0 Å². The third-order valence-corrected chi connectivity index (χ3v) is 5.05. The minimum Gasteiger partial charge on any atom is -0.368 e. The lowest BCUT2D eigenvalue weighted by molar-refractivity contribution is -0.142. The molecule has 3 rings (SSSR count). The molecule has 0 aromatic carbocycles. The van der Waals surface area contributed by atoms with Crippen LogP contribution in [0.4, 0.5) is 0 Å². The van der Waals surface area contributed by atoms with Crippen LogP contribution < -0.4 is 5.32 Å². The normalized spacial score (nSPS) is 20.1. The SMILES string of the molecule is C=CCNC(=NCc1nnc(C)n1C)N1CCN(C(=O)C2CCCO2)CC1.I. The van der Waals surface area contributed by atoms with Crippen LogP contribution in [0.3, 0.4) is 0 Å². The molecule has 156 valence electrons. The van der Waals surface area contributed by atoms with Gasteiger partial charge in [0.25, 0.3) is 5.91 Å². The van der Waals surface area contributed by atoms with Gasteiger partial charge in [0.1, 0.15) is 18.5 Å². The van der Waals surface area contributed by atoms with Gasteiger partial charge in [0, 0.05) is 46.4 Å². The van der Waals surface area contributed by atoms with Crippen molar-refractivity contribution in [3.8, 4) is 0 Å². The lowest BCUT2D eigenvalue weighted by Crippen LogP contribution is -2.55. The van der Waals surface area contributed by atoms with Crippen molar-refractivity contribution in [3.63, 3.8) is 0 Å². The van der Waals surface area contributed by atoms with Crippen molar-refractivity contribution in [1.82, 2.24) is 29.9 Å². The number of aryl methyl sites for hydroxylation is 1. The average Bonchev–Trinajstić information content (AvgIpc) is 3.33. The predicted octanol–water partition coefficient (Wildman–Crippen LogP) is 0.696. The third-order valence-electron chi connectivity index (χ3n) is 5.05. The predicted molar refractivity (Wildman–Crippen MR) is 118 cm³/mol. The summed E-state index contributed by atoms with van der Waals surface area (Å²) in [6.07, 6.45) is 3.37. The number of aliphatic imine (C=N–C) groups is 1. The summed E-state index contributed by atoms with van der Waals surface area (Å²) in [6.45, 7) is 10.3. The van der Waals surface area contributed by atoms with Crippen LogP contribution in [0, 0.1) is 6.92 Å². The van der Waals surface area contributed by atoms with Gasteiger partial charge in [-0.1, -0.05) is 6.08 Å². The maximum absolute atomic E-state index is 12.5. The Bertz CT molecular complexity index is 692. The molecule has 1 amide bonds. The summed E-state index contributed by atoms with van der Waals surface area (Å²) in [7, 11) is 1.94. The van der Waals surface area contributed by atoms with E-state index in [9.17, 15) is 4.79 Å². The van der Waals surface area contributed by atoms with Gasteiger partial charge in [0.05, 0.1) is 0 Å². The highest BCUT2D eigenvalue weighted by molar-refractivity contribution is 14.0. The highest BCUT2D eigenvalue weighted by atomic mass is 127. The molecule has 1 aromatic rings. The fourth-order valence-corrected chi connectivity index (χ4v) is 3.28. The van der Waals surface area contributed by atoms with Crippen molar-refractivity contribution in [2.75, 3.05) is 39.3 Å². The molecule has 0 bridgehead atoms. The maximum Gasteiger partial charge on any atom is 0.251 e. The molecule has 2 fully saturated rings. The molecule has 3 heterocycles. The molecular formula is C18H30IN7O2. The number of piperazine rings is 1. The second-order valence-electron chi connectivity index (χ2n) is 6.85. The van der Waals surface area contributed by atoms with Crippen LogP contribution >= 0.6 is 24.0 Å². The molecule has 2 saturated heterocycles. The molecule has 2 aliphatic rings. The Morgan fingerprint density at radius 2 is 2.04 bits per heavy atom. The number of carbonyl (C=O) groups is 1. The topological polar surface area (TPSA) is 87.9 Å². The summed E-state index contributed by atoms with van der Waals surface area (Å²) in [5, 5.41) is 11.5. The van der Waals surface area contributed by atoms with Crippen LogP contribution in [-0.2, 0) is 23.1 Å². The average molecular weight is 503 g/mol. The fraction of sp³-hybridized carbons (Fsp3) is 0.667. The first-order valence-corrected chi connectivity index (χ1v) is 9.49. The summed E-state index contributed by atoms with van der Waals surface area (Å²) in [5.41, 5.74) is 0. The van der Waals surface area contributed by atoms with Crippen LogP contribution in [0.5, 0.6) is 0 Å². The first-order valence-electron chi connectivity index (χ1n) is 9.49. The van der Waals surface area contributed by atoms with Gasteiger partial charge < -0.3 is 24.4 Å². The van der Waals surface area contributed by atoms with Gasteiger partial charge in [-0.05, 0) is 19.8 Å². The molecule has 1 N–H and O–H groups in total. The largest absolute Gasteiger partial charge is 0.368 e. The Hall–Kier alpha value is -1.69. The zero-order chi connectivity index (χ0) is 19.2. The minimum absolute atomic E-state index is 0. The lowest BCUT2D eigenvalue weighted by atomic mass is 10.2. The molecule has 28 heavy (non-hydrogen) atoms. The summed E-state index contributed by atoms with van der Waals surface area (Å²) in [5.74, 6) is 2.61. The van der Waals surface area contributed by atoms with E-state index < -0.39 is 0 Å². The molecule has 10 heteroatoms. The Labute approximate surface area is 183 Å². The van der Waals surface area contributed by atoms with Crippen molar-refractivity contribution in [2.45, 2.75) is 32.4 Å². The van der Waals surface area contributed by atoms with Gasteiger partial charge in [-0.3, -0.25) is 4.79 Å². The van der Waals surface area contributed by atoms with Gasteiger partial charge in [0.15, 0.2) is 11.8 Å². The number of rotatable bonds is 5. The highest BCUT2D eigenvalue weighted by Gasteiger charge is 2.30. The molecule has 0 radical (unpaired) electrons. The summed E-state index contributed by atoms with van der Waals surface area (Å²) < 4.78 is 7.47. The Balaban J connectivity index is 0.00000280. The number of carbonyl (C=O) groups excluding carboxylic acids is 1. The van der Waals surface area contributed by atoms with Crippen LogP contribution in [0.2, 0.25) is 0 Å². The van der Waals surface area contributed by atoms with Crippen molar-refractivity contribution in [1.29, 1.82) is 0 Å². The zero-order valence-electron chi connectivity index (χ0n) is 16.6. The van der Waals surface area contributed by atoms with E-state index in [0.29, 0.717) is 32.8 Å². The number of hydrogen-bond acceptors (Lipinski definition) is 5. The van der Waals surface area contributed by atoms with Crippen LogP contribution in [0.15, 0.2) is 17.6 Å². The quantitative estimate of drug-likeness (QED) is 0.276. The van der Waals surface area contributed by atoms with E-state index in [1.54, 1.807) is 6.08 Å². The number of aromatic nitrogens is 3.